The van der Waals surface area contributed by atoms with Gasteiger partial charge in [0.05, 0.1) is 0 Å². The molecular weight excluding hydrogens is 211 g/mol. The molecule has 15 heavy (non-hydrogen) atoms. The highest BCUT2D eigenvalue weighted by Gasteiger charge is 2.36. The van der Waals surface area contributed by atoms with E-state index in [9.17, 15) is 4.57 Å². The second kappa shape index (κ2) is 5.93. The van der Waals surface area contributed by atoms with Crippen molar-refractivity contribution in [2.75, 3.05) is 6.35 Å². The zero-order valence-electron chi connectivity index (χ0n) is 9.85. The Hall–Kier alpha value is 0.0200. The monoisotopic (exact) mass is 233 g/mol. The maximum absolute atomic E-state index is 11.2. The SMILES string of the molecule is CC(C)C1CC[C@@H](C)C[C@H]1O[P+](=O)CO. The van der Waals surface area contributed by atoms with E-state index >= 15 is 0 Å². The van der Waals surface area contributed by atoms with Crippen LogP contribution in [0.1, 0.15) is 40.0 Å². The Balaban J connectivity index is 2.57. The summed E-state index contributed by atoms with van der Waals surface area (Å²) in [4.78, 5) is 0. The van der Waals surface area contributed by atoms with Gasteiger partial charge >= 0.3 is 8.03 Å². The molecule has 1 N–H and O–H groups in total. The molecule has 0 saturated heterocycles. The quantitative estimate of drug-likeness (QED) is 0.759. The van der Waals surface area contributed by atoms with Crippen molar-refractivity contribution in [3.63, 3.8) is 0 Å². The fourth-order valence-electron chi connectivity index (χ4n) is 2.42. The average Bonchev–Trinajstić information content (AvgIpc) is 2.17. The van der Waals surface area contributed by atoms with Crippen LogP contribution in [0.15, 0.2) is 0 Å². The van der Waals surface area contributed by atoms with Gasteiger partial charge in [0, 0.05) is 0 Å². The second-order valence-electron chi connectivity index (χ2n) is 4.94. The fraction of sp³-hybridized carbons (Fsp3) is 1.00. The Labute approximate surface area is 93.1 Å². The van der Waals surface area contributed by atoms with Crippen molar-refractivity contribution in [3.8, 4) is 0 Å². The minimum atomic E-state index is -1.87. The first-order chi connectivity index (χ1) is 7.04. The van der Waals surface area contributed by atoms with Crippen LogP contribution in [0.5, 0.6) is 0 Å². The van der Waals surface area contributed by atoms with E-state index < -0.39 is 8.03 Å². The fourth-order valence-corrected chi connectivity index (χ4v) is 3.03. The van der Waals surface area contributed by atoms with Crippen LogP contribution >= 0.6 is 8.03 Å². The molecule has 0 aliphatic heterocycles. The molecule has 1 rings (SSSR count). The summed E-state index contributed by atoms with van der Waals surface area (Å²) < 4.78 is 16.7. The van der Waals surface area contributed by atoms with Crippen LogP contribution in [-0.2, 0) is 9.09 Å². The van der Waals surface area contributed by atoms with Crippen LogP contribution in [-0.4, -0.2) is 17.6 Å². The Morgan fingerprint density at radius 2 is 2.13 bits per heavy atom. The van der Waals surface area contributed by atoms with Crippen molar-refractivity contribution in [1.29, 1.82) is 0 Å². The second-order valence-corrected chi connectivity index (χ2v) is 6.10. The molecule has 1 aliphatic rings. The standard InChI is InChI=1S/C11H22O3P/c1-8(2)10-5-4-9(3)6-11(10)14-15(13)7-12/h8-12H,4-7H2,1-3H3/q+1/t9-,10?,11-/m1/s1. The molecule has 88 valence electrons. The molecule has 1 fully saturated rings. The van der Waals surface area contributed by atoms with Gasteiger partial charge in [-0.25, -0.2) is 0 Å². The highest BCUT2D eigenvalue weighted by molar-refractivity contribution is 7.38. The summed E-state index contributed by atoms with van der Waals surface area (Å²) in [5, 5.41) is 8.75. The predicted molar refractivity (Wildman–Crippen MR) is 60.9 cm³/mol. The van der Waals surface area contributed by atoms with Gasteiger partial charge in [-0.1, -0.05) is 27.2 Å². The van der Waals surface area contributed by atoms with Crippen LogP contribution in [0.25, 0.3) is 0 Å². The first-order valence-electron chi connectivity index (χ1n) is 5.77. The third-order valence-electron chi connectivity index (χ3n) is 3.33. The van der Waals surface area contributed by atoms with Crippen LogP contribution in [0.4, 0.5) is 0 Å². The molecule has 4 heteroatoms. The first kappa shape index (κ1) is 13.1. The molecule has 0 aromatic heterocycles. The highest BCUT2D eigenvalue weighted by Crippen LogP contribution is 2.39. The van der Waals surface area contributed by atoms with E-state index in [0.29, 0.717) is 17.8 Å². The van der Waals surface area contributed by atoms with E-state index in [4.69, 9.17) is 9.63 Å². The molecule has 0 heterocycles. The Bertz CT molecular complexity index is 218. The summed E-state index contributed by atoms with van der Waals surface area (Å²) in [5.41, 5.74) is 0. The van der Waals surface area contributed by atoms with E-state index in [1.54, 1.807) is 0 Å². The number of hydrogen-bond acceptors (Lipinski definition) is 3. The molecule has 4 atom stereocenters. The van der Waals surface area contributed by atoms with Crippen molar-refractivity contribution >= 4 is 8.03 Å². The zero-order chi connectivity index (χ0) is 11.4. The van der Waals surface area contributed by atoms with Crippen LogP contribution in [0.2, 0.25) is 0 Å². The lowest BCUT2D eigenvalue weighted by Gasteiger charge is -2.33. The predicted octanol–water partition coefficient (Wildman–Crippen LogP) is 3.16. The van der Waals surface area contributed by atoms with Crippen molar-refractivity contribution < 1.29 is 14.2 Å². The normalized spacial score (nSPS) is 33.1. The summed E-state index contributed by atoms with van der Waals surface area (Å²) >= 11 is 0. The van der Waals surface area contributed by atoms with Crippen LogP contribution in [0, 0.1) is 17.8 Å². The minimum Gasteiger partial charge on any atom is -0.351 e. The largest absolute Gasteiger partial charge is 0.537 e. The Kier molecular flexibility index (Phi) is 5.17. The van der Waals surface area contributed by atoms with E-state index in [1.807, 2.05) is 0 Å². The van der Waals surface area contributed by atoms with E-state index in [-0.39, 0.29) is 12.5 Å². The molecular formula is C11H22O3P+. The Morgan fingerprint density at radius 1 is 1.47 bits per heavy atom. The third kappa shape index (κ3) is 3.82. The minimum absolute atomic E-state index is 0.0736. The van der Waals surface area contributed by atoms with Gasteiger partial charge in [-0.2, -0.15) is 0 Å². The van der Waals surface area contributed by atoms with Crippen molar-refractivity contribution in [1.82, 2.24) is 0 Å². The summed E-state index contributed by atoms with van der Waals surface area (Å²) in [5.74, 6) is 1.70. The van der Waals surface area contributed by atoms with Crippen molar-refractivity contribution in [2.45, 2.75) is 46.1 Å². The average molecular weight is 233 g/mol. The first-order valence-corrected chi connectivity index (χ1v) is 7.13. The number of hydrogen-bond donors (Lipinski definition) is 1. The number of rotatable bonds is 4. The van der Waals surface area contributed by atoms with Crippen molar-refractivity contribution in [2.24, 2.45) is 17.8 Å². The van der Waals surface area contributed by atoms with Crippen LogP contribution in [0.3, 0.4) is 0 Å². The van der Waals surface area contributed by atoms with Gasteiger partial charge in [-0.15, -0.1) is 4.52 Å². The summed E-state index contributed by atoms with van der Waals surface area (Å²) in [6, 6.07) is 0. The summed E-state index contributed by atoms with van der Waals surface area (Å²) in [6.45, 7) is 6.57. The zero-order valence-corrected chi connectivity index (χ0v) is 10.7. The van der Waals surface area contributed by atoms with Gasteiger partial charge in [0.1, 0.15) is 6.10 Å². The van der Waals surface area contributed by atoms with Gasteiger partial charge in [-0.05, 0) is 35.2 Å². The maximum atomic E-state index is 11.2. The molecule has 1 aliphatic carbocycles. The molecule has 0 radical (unpaired) electrons. The summed E-state index contributed by atoms with van der Waals surface area (Å²) in [6.07, 6.45) is 3.08. The summed E-state index contributed by atoms with van der Waals surface area (Å²) in [7, 11) is -1.87. The molecule has 3 nitrogen and oxygen atoms in total. The maximum Gasteiger partial charge on any atom is 0.537 e. The molecule has 2 unspecified atom stereocenters. The van der Waals surface area contributed by atoms with Gasteiger partial charge in [0.2, 0.25) is 0 Å². The number of aliphatic hydroxyl groups is 1. The van der Waals surface area contributed by atoms with E-state index in [0.717, 1.165) is 12.8 Å². The lowest BCUT2D eigenvalue weighted by molar-refractivity contribution is 0.0500. The smallest absolute Gasteiger partial charge is 0.351 e. The molecule has 0 spiro atoms. The molecule has 0 aromatic rings. The van der Waals surface area contributed by atoms with Gasteiger partial charge < -0.3 is 5.11 Å². The lowest BCUT2D eigenvalue weighted by atomic mass is 9.75. The van der Waals surface area contributed by atoms with Gasteiger partial charge in [0.15, 0.2) is 0 Å². The molecule has 0 bridgehead atoms. The van der Waals surface area contributed by atoms with E-state index in [2.05, 4.69) is 20.8 Å². The molecule has 0 amide bonds. The third-order valence-corrected chi connectivity index (χ3v) is 4.07. The van der Waals surface area contributed by atoms with Gasteiger partial charge in [0.25, 0.3) is 6.35 Å². The number of aliphatic hydroxyl groups excluding tert-OH is 1. The van der Waals surface area contributed by atoms with Crippen molar-refractivity contribution in [3.05, 3.63) is 0 Å². The topological polar surface area (TPSA) is 46.5 Å². The van der Waals surface area contributed by atoms with Gasteiger partial charge in [-0.3, -0.25) is 0 Å². The lowest BCUT2D eigenvalue weighted by Crippen LogP contribution is -2.32. The Morgan fingerprint density at radius 3 is 2.67 bits per heavy atom. The molecule has 1 saturated carbocycles. The van der Waals surface area contributed by atoms with E-state index in [1.165, 1.54) is 6.42 Å². The van der Waals surface area contributed by atoms with Crippen LogP contribution < -0.4 is 0 Å². The highest BCUT2D eigenvalue weighted by atomic mass is 31.1. The molecule has 0 aromatic carbocycles.